The summed E-state index contributed by atoms with van der Waals surface area (Å²) in [7, 11) is 0. The van der Waals surface area contributed by atoms with E-state index in [2.05, 4.69) is 55.3 Å². The first-order chi connectivity index (χ1) is 23.9. The fourth-order valence-electron chi connectivity index (χ4n) is 7.48. The molecule has 1 aromatic carbocycles. The van der Waals surface area contributed by atoms with Crippen molar-refractivity contribution < 1.29 is 19.4 Å². The van der Waals surface area contributed by atoms with E-state index in [-0.39, 0.29) is 17.6 Å². The average molecular weight is 662 g/mol. The third-order valence-corrected chi connectivity index (χ3v) is 10.3. The highest BCUT2D eigenvalue weighted by Gasteiger charge is 2.31. The summed E-state index contributed by atoms with van der Waals surface area (Å²) in [6.45, 7) is 6.87. The maximum Gasteiger partial charge on any atom is 0.356 e. The van der Waals surface area contributed by atoms with Gasteiger partial charge < -0.3 is 19.6 Å². The largest absolute Gasteiger partial charge is 0.476 e. The third kappa shape index (κ3) is 6.14. The molecule has 2 fully saturated rings. The molecule has 1 atom stereocenters. The van der Waals surface area contributed by atoms with Crippen LogP contribution >= 0.6 is 0 Å². The van der Waals surface area contributed by atoms with Crippen LogP contribution in [0.5, 0.6) is 0 Å². The van der Waals surface area contributed by atoms with Crippen LogP contribution in [0.15, 0.2) is 55.0 Å². The third-order valence-electron chi connectivity index (χ3n) is 10.3. The lowest BCUT2D eigenvalue weighted by Gasteiger charge is -2.32. The van der Waals surface area contributed by atoms with E-state index in [1.807, 2.05) is 22.0 Å². The van der Waals surface area contributed by atoms with Gasteiger partial charge in [-0.2, -0.15) is 10.2 Å². The molecule has 13 nitrogen and oxygen atoms in total. The van der Waals surface area contributed by atoms with Crippen molar-refractivity contribution in [2.24, 2.45) is 5.92 Å². The van der Waals surface area contributed by atoms with E-state index in [1.54, 1.807) is 13.0 Å². The predicted octanol–water partition coefficient (Wildman–Crippen LogP) is 4.62. The lowest BCUT2D eigenvalue weighted by molar-refractivity contribution is -0.129. The van der Waals surface area contributed by atoms with Gasteiger partial charge in [0.05, 0.1) is 30.2 Å². The molecule has 0 saturated carbocycles. The van der Waals surface area contributed by atoms with Gasteiger partial charge in [0.25, 0.3) is 0 Å². The molecule has 0 spiro atoms. The lowest BCUT2D eigenvalue weighted by Crippen LogP contribution is -2.35. The molecule has 4 aromatic heterocycles. The summed E-state index contributed by atoms with van der Waals surface area (Å²) >= 11 is 0. The first kappa shape index (κ1) is 31.1. The van der Waals surface area contributed by atoms with E-state index >= 15 is 0 Å². The maximum absolute atomic E-state index is 12.4. The highest BCUT2D eigenvalue weighted by atomic mass is 16.5. The van der Waals surface area contributed by atoms with Crippen LogP contribution in [0, 0.1) is 5.92 Å². The van der Waals surface area contributed by atoms with Crippen molar-refractivity contribution in [2.75, 3.05) is 37.7 Å². The van der Waals surface area contributed by atoms with E-state index in [0.717, 1.165) is 103 Å². The lowest BCUT2D eigenvalue weighted by atomic mass is 9.93. The van der Waals surface area contributed by atoms with Crippen molar-refractivity contribution in [3.05, 3.63) is 71.9 Å². The van der Waals surface area contributed by atoms with Crippen LogP contribution in [0.3, 0.4) is 0 Å². The predicted molar refractivity (Wildman–Crippen MR) is 182 cm³/mol. The van der Waals surface area contributed by atoms with Gasteiger partial charge in [0.2, 0.25) is 5.91 Å². The molecule has 0 radical (unpaired) electrons. The molecule has 252 valence electrons. The van der Waals surface area contributed by atoms with Gasteiger partial charge in [-0.25, -0.2) is 4.79 Å². The second kappa shape index (κ2) is 13.0. The zero-order valence-electron chi connectivity index (χ0n) is 27.5. The van der Waals surface area contributed by atoms with Crippen LogP contribution in [0.2, 0.25) is 0 Å². The number of amides is 1. The van der Waals surface area contributed by atoms with Crippen LogP contribution in [0.1, 0.15) is 60.4 Å². The second-order valence-electron chi connectivity index (χ2n) is 13.3. The number of anilines is 1. The quantitative estimate of drug-likeness (QED) is 0.250. The Morgan fingerprint density at radius 1 is 1.04 bits per heavy atom. The molecule has 1 N–H and O–H groups in total. The SMILES string of the molecule is CC(=O)N1CCc2c(c(-c3cccc4cc(-c5cnn(CCC6CCN(c7ccc(C(=O)O)nn7)CC6)c5)ncc34)nn2[C@H]2CCOC2)C1. The Morgan fingerprint density at radius 2 is 1.92 bits per heavy atom. The van der Waals surface area contributed by atoms with Gasteiger partial charge in [-0.15, -0.1) is 10.2 Å². The van der Waals surface area contributed by atoms with E-state index in [1.165, 1.54) is 11.8 Å². The summed E-state index contributed by atoms with van der Waals surface area (Å²) in [4.78, 5) is 32.4. The molecule has 13 heteroatoms. The maximum atomic E-state index is 12.4. The zero-order valence-corrected chi connectivity index (χ0v) is 27.5. The number of carbonyl (C=O) groups excluding carboxylic acids is 1. The first-order valence-corrected chi connectivity index (χ1v) is 17.1. The van der Waals surface area contributed by atoms with Gasteiger partial charge in [-0.1, -0.05) is 18.2 Å². The van der Waals surface area contributed by atoms with Crippen LogP contribution in [-0.4, -0.2) is 89.5 Å². The first-order valence-electron chi connectivity index (χ1n) is 17.1. The smallest absolute Gasteiger partial charge is 0.356 e. The topological polar surface area (TPSA) is 144 Å². The number of aromatic nitrogens is 7. The Hall–Kier alpha value is -5.17. The Balaban J connectivity index is 0.965. The molecule has 5 aromatic rings. The van der Waals surface area contributed by atoms with E-state index in [4.69, 9.17) is 19.9 Å². The molecule has 2 saturated heterocycles. The van der Waals surface area contributed by atoms with Gasteiger partial charge in [-0.05, 0) is 55.2 Å². The number of aromatic carboxylic acids is 1. The Labute approximate surface area is 283 Å². The second-order valence-corrected chi connectivity index (χ2v) is 13.3. The Morgan fingerprint density at radius 3 is 2.67 bits per heavy atom. The summed E-state index contributed by atoms with van der Waals surface area (Å²) in [6, 6.07) is 11.9. The van der Waals surface area contributed by atoms with E-state index < -0.39 is 5.97 Å². The number of carboxylic acid groups (broad SMARTS) is 1. The van der Waals surface area contributed by atoms with Crippen LogP contribution in [0.4, 0.5) is 5.82 Å². The van der Waals surface area contributed by atoms with Crippen molar-refractivity contribution in [1.82, 2.24) is 39.6 Å². The van der Waals surface area contributed by atoms with Crippen molar-refractivity contribution in [3.63, 3.8) is 0 Å². The fraction of sp³-hybridized carbons (Fsp3) is 0.417. The Kier molecular flexibility index (Phi) is 8.28. The number of piperidine rings is 1. The molecule has 3 aliphatic rings. The van der Waals surface area contributed by atoms with Gasteiger partial charge in [-0.3, -0.25) is 19.1 Å². The minimum Gasteiger partial charge on any atom is -0.476 e. The Bertz CT molecular complexity index is 2010. The van der Waals surface area contributed by atoms with Crippen molar-refractivity contribution in [1.29, 1.82) is 0 Å². The van der Waals surface area contributed by atoms with Crippen molar-refractivity contribution >= 4 is 28.5 Å². The number of ether oxygens (including phenoxy) is 1. The number of aryl methyl sites for hydroxylation is 1. The van der Waals surface area contributed by atoms with Crippen LogP contribution in [-0.2, 0) is 29.0 Å². The summed E-state index contributed by atoms with van der Waals surface area (Å²) in [5.41, 5.74) is 6.10. The normalized spacial score (nSPS) is 18.3. The summed E-state index contributed by atoms with van der Waals surface area (Å²) in [5.74, 6) is 0.316. The number of carboxylic acids is 1. The summed E-state index contributed by atoms with van der Waals surface area (Å²) in [5, 5.41) is 29.0. The van der Waals surface area contributed by atoms with Gasteiger partial charge in [0.15, 0.2) is 11.5 Å². The summed E-state index contributed by atoms with van der Waals surface area (Å²) in [6.07, 6.45) is 10.7. The highest BCUT2D eigenvalue weighted by molar-refractivity contribution is 5.97. The average Bonchev–Trinajstić information content (AvgIpc) is 3.91. The molecular weight excluding hydrogens is 622 g/mol. The fourth-order valence-corrected chi connectivity index (χ4v) is 7.48. The number of benzene rings is 1. The number of hydrogen-bond donors (Lipinski definition) is 1. The molecule has 8 rings (SSSR count). The molecule has 3 aliphatic heterocycles. The van der Waals surface area contributed by atoms with Crippen LogP contribution < -0.4 is 4.90 Å². The number of pyridine rings is 1. The number of fused-ring (bicyclic) bond motifs is 2. The molecule has 49 heavy (non-hydrogen) atoms. The van der Waals surface area contributed by atoms with Crippen molar-refractivity contribution in [2.45, 2.75) is 58.2 Å². The molecule has 7 heterocycles. The monoisotopic (exact) mass is 661 g/mol. The number of nitrogens with zero attached hydrogens (tertiary/aromatic N) is 9. The van der Waals surface area contributed by atoms with E-state index in [9.17, 15) is 9.59 Å². The standard InChI is InChI=1S/C36H39N9O4/c1-23(46)43-14-10-33-30(21-43)35(41-45(33)27-11-16-49-22-27)28-4-2-3-25-17-32(37-19-29(25)28)26-18-38-44(20-26)15-9-24-7-12-42(13-8-24)34-6-5-31(36(47)48)39-40-34/h2-6,17-20,24,27H,7-16,21-22H2,1H3,(H,47,48)/t27-/m0/s1. The molecule has 0 unspecified atom stereocenters. The van der Waals surface area contributed by atoms with Gasteiger partial charge in [0, 0.05) is 92.8 Å². The van der Waals surface area contributed by atoms with E-state index in [0.29, 0.717) is 25.6 Å². The molecule has 0 aliphatic carbocycles. The molecule has 1 amide bonds. The van der Waals surface area contributed by atoms with Gasteiger partial charge in [0.1, 0.15) is 0 Å². The minimum atomic E-state index is -1.07. The highest BCUT2D eigenvalue weighted by Crippen LogP contribution is 2.37. The molecule has 0 bridgehead atoms. The number of rotatable bonds is 8. The van der Waals surface area contributed by atoms with Gasteiger partial charge >= 0.3 is 5.97 Å². The number of carbonyl (C=O) groups is 2. The number of hydrogen-bond acceptors (Lipinski definition) is 9. The summed E-state index contributed by atoms with van der Waals surface area (Å²) < 4.78 is 9.89. The zero-order chi connectivity index (χ0) is 33.5. The van der Waals surface area contributed by atoms with Crippen molar-refractivity contribution in [3.8, 4) is 22.5 Å². The minimum absolute atomic E-state index is 0.0409. The van der Waals surface area contributed by atoms with Crippen LogP contribution in [0.25, 0.3) is 33.3 Å². The molecular formula is C36H39N9O4.